The Morgan fingerprint density at radius 3 is 2.56 bits per heavy atom. The number of aromatic amines is 1. The molecule has 3 N–H and O–H groups in total. The summed E-state index contributed by atoms with van der Waals surface area (Å²) >= 11 is 1.28. The molecule has 3 aromatic rings. The van der Waals surface area contributed by atoms with E-state index in [0.717, 1.165) is 17.0 Å². The molecule has 0 saturated carbocycles. The molecule has 1 aromatic carbocycles. The van der Waals surface area contributed by atoms with Crippen molar-refractivity contribution in [3.05, 3.63) is 68.1 Å². The van der Waals surface area contributed by atoms with E-state index in [1.807, 2.05) is 48.7 Å². The number of aryl methyl sites for hydroxylation is 1. The van der Waals surface area contributed by atoms with Crippen LogP contribution in [0.25, 0.3) is 0 Å². The molecule has 182 valence electrons. The summed E-state index contributed by atoms with van der Waals surface area (Å²) < 4.78 is 8.45. The molecule has 11 heteroatoms. The summed E-state index contributed by atoms with van der Waals surface area (Å²) in [5.74, 6) is -0.315. The molecule has 0 aliphatic carbocycles. The number of hydrogen-bond acceptors (Lipinski definition) is 7. The van der Waals surface area contributed by atoms with Crippen LogP contribution in [0.4, 0.5) is 11.5 Å². The zero-order chi connectivity index (χ0) is 24.8. The van der Waals surface area contributed by atoms with Gasteiger partial charge in [-0.05, 0) is 26.3 Å². The highest BCUT2D eigenvalue weighted by Crippen LogP contribution is 2.24. The number of amides is 1. The van der Waals surface area contributed by atoms with Crippen LogP contribution in [0.5, 0.6) is 0 Å². The van der Waals surface area contributed by atoms with Gasteiger partial charge >= 0.3 is 5.69 Å². The van der Waals surface area contributed by atoms with Gasteiger partial charge in [-0.15, -0.1) is 0 Å². The first-order valence-corrected chi connectivity index (χ1v) is 11.9. The standard InChI is InChI=1S/C23H30N6O4S/c1-5-27(18(30)14-34-23-25-15(2)16(3)28(23)11-12-33-4)19-20(24)29(22(32)26-21(19)31)13-17-9-7-6-8-10-17/h6-10H,5,11-14,24H2,1-4H3,(H,26,31,32). The van der Waals surface area contributed by atoms with Gasteiger partial charge in [0.15, 0.2) is 10.8 Å². The van der Waals surface area contributed by atoms with Gasteiger partial charge in [-0.3, -0.25) is 19.1 Å². The van der Waals surface area contributed by atoms with Gasteiger partial charge in [0, 0.05) is 25.9 Å². The van der Waals surface area contributed by atoms with E-state index in [9.17, 15) is 14.4 Å². The molecule has 1 amide bonds. The predicted molar refractivity (Wildman–Crippen MR) is 134 cm³/mol. The molecule has 0 saturated heterocycles. The Kier molecular flexibility index (Phi) is 8.35. The molecule has 0 aliphatic heterocycles. The van der Waals surface area contributed by atoms with Crippen molar-refractivity contribution < 1.29 is 9.53 Å². The number of nitrogen functional groups attached to an aromatic ring is 1. The van der Waals surface area contributed by atoms with E-state index in [-0.39, 0.29) is 36.3 Å². The lowest BCUT2D eigenvalue weighted by molar-refractivity contribution is -0.116. The van der Waals surface area contributed by atoms with Crippen molar-refractivity contribution in [3.8, 4) is 0 Å². The van der Waals surface area contributed by atoms with Crippen LogP contribution < -0.4 is 21.9 Å². The fourth-order valence-corrected chi connectivity index (χ4v) is 4.60. The molecule has 0 unspecified atom stereocenters. The summed E-state index contributed by atoms with van der Waals surface area (Å²) in [6.45, 7) is 7.17. The van der Waals surface area contributed by atoms with Crippen LogP contribution in [0.1, 0.15) is 23.9 Å². The summed E-state index contributed by atoms with van der Waals surface area (Å²) in [5, 5.41) is 0.701. The number of imidazole rings is 1. The van der Waals surface area contributed by atoms with E-state index >= 15 is 0 Å². The molecule has 34 heavy (non-hydrogen) atoms. The molecule has 3 rings (SSSR count). The lowest BCUT2D eigenvalue weighted by Crippen LogP contribution is -2.41. The second-order valence-electron chi connectivity index (χ2n) is 7.70. The number of nitrogens with one attached hydrogen (secondary N) is 1. The van der Waals surface area contributed by atoms with E-state index < -0.39 is 11.2 Å². The largest absolute Gasteiger partial charge is 0.383 e. The summed E-state index contributed by atoms with van der Waals surface area (Å²) in [6, 6.07) is 9.27. The highest BCUT2D eigenvalue weighted by molar-refractivity contribution is 7.99. The lowest BCUT2D eigenvalue weighted by Gasteiger charge is -2.23. The van der Waals surface area contributed by atoms with Crippen molar-refractivity contribution in [3.63, 3.8) is 0 Å². The van der Waals surface area contributed by atoms with Crippen LogP contribution in [-0.4, -0.2) is 51.0 Å². The maximum Gasteiger partial charge on any atom is 0.330 e. The first-order valence-electron chi connectivity index (χ1n) is 10.9. The maximum absolute atomic E-state index is 13.2. The first kappa shape index (κ1) is 25.3. The van der Waals surface area contributed by atoms with Crippen LogP contribution >= 0.6 is 11.8 Å². The number of nitrogens with zero attached hydrogens (tertiary/aromatic N) is 4. The van der Waals surface area contributed by atoms with Crippen LogP contribution in [0.2, 0.25) is 0 Å². The number of carbonyl (C=O) groups is 1. The Hall–Kier alpha value is -3.31. The number of thioether (sulfide) groups is 1. The number of carbonyl (C=O) groups excluding carboxylic acids is 1. The minimum absolute atomic E-state index is 0.0290. The van der Waals surface area contributed by atoms with Gasteiger partial charge in [0.2, 0.25) is 5.91 Å². The predicted octanol–water partition coefficient (Wildman–Crippen LogP) is 1.77. The van der Waals surface area contributed by atoms with Gasteiger partial charge in [-0.2, -0.15) is 0 Å². The average molecular weight is 487 g/mol. The fraction of sp³-hybridized carbons (Fsp3) is 0.391. The first-order chi connectivity index (χ1) is 16.3. The number of nitrogens with two attached hydrogens (primary N) is 1. The zero-order valence-electron chi connectivity index (χ0n) is 19.8. The van der Waals surface area contributed by atoms with Gasteiger partial charge in [0.05, 0.1) is 24.6 Å². The van der Waals surface area contributed by atoms with Crippen molar-refractivity contribution >= 4 is 29.2 Å². The maximum atomic E-state index is 13.2. The quantitative estimate of drug-likeness (QED) is 0.418. The molecule has 10 nitrogen and oxygen atoms in total. The normalized spacial score (nSPS) is 11.1. The SMILES string of the molecule is CCN(C(=O)CSc1nc(C)c(C)n1CCOC)c1c(N)n(Cc2ccccc2)c(=O)[nH]c1=O. The Labute approximate surface area is 201 Å². The third-order valence-electron chi connectivity index (χ3n) is 5.55. The molecule has 0 fully saturated rings. The van der Waals surface area contributed by atoms with E-state index in [1.165, 1.54) is 21.2 Å². The van der Waals surface area contributed by atoms with E-state index in [1.54, 1.807) is 14.0 Å². The highest BCUT2D eigenvalue weighted by Gasteiger charge is 2.24. The zero-order valence-corrected chi connectivity index (χ0v) is 20.6. The molecule has 2 heterocycles. The Morgan fingerprint density at radius 1 is 1.21 bits per heavy atom. The van der Waals surface area contributed by atoms with Gasteiger partial charge in [-0.1, -0.05) is 42.1 Å². The molecule has 0 radical (unpaired) electrons. The second kappa shape index (κ2) is 11.2. The highest BCUT2D eigenvalue weighted by atomic mass is 32.2. The van der Waals surface area contributed by atoms with E-state index in [4.69, 9.17) is 10.5 Å². The van der Waals surface area contributed by atoms with Crippen molar-refractivity contribution in [1.29, 1.82) is 0 Å². The number of ether oxygens (including phenoxy) is 1. The topological polar surface area (TPSA) is 128 Å². The molecule has 0 spiro atoms. The Balaban J connectivity index is 1.87. The summed E-state index contributed by atoms with van der Waals surface area (Å²) in [4.78, 5) is 46.5. The number of aromatic nitrogens is 4. The molecule has 0 atom stereocenters. The third kappa shape index (κ3) is 5.42. The van der Waals surface area contributed by atoms with Gasteiger partial charge in [0.25, 0.3) is 5.56 Å². The van der Waals surface area contributed by atoms with Gasteiger partial charge in [0.1, 0.15) is 5.82 Å². The molecule has 0 bridgehead atoms. The number of rotatable bonds is 10. The Morgan fingerprint density at radius 2 is 1.91 bits per heavy atom. The lowest BCUT2D eigenvalue weighted by atomic mass is 10.2. The minimum Gasteiger partial charge on any atom is -0.383 e. The van der Waals surface area contributed by atoms with Crippen molar-refractivity contribution in [2.75, 3.05) is 36.6 Å². The van der Waals surface area contributed by atoms with Crippen LogP contribution in [0.3, 0.4) is 0 Å². The number of benzene rings is 1. The van der Waals surface area contributed by atoms with Crippen molar-refractivity contribution in [2.45, 2.75) is 39.0 Å². The molecule has 2 aromatic heterocycles. The van der Waals surface area contributed by atoms with Gasteiger partial charge in [-0.25, -0.2) is 9.78 Å². The van der Waals surface area contributed by atoms with Gasteiger partial charge < -0.3 is 19.9 Å². The van der Waals surface area contributed by atoms with Crippen LogP contribution in [0.15, 0.2) is 45.1 Å². The minimum atomic E-state index is -0.694. The molecular formula is C23H30N6O4S. The van der Waals surface area contributed by atoms with Crippen molar-refractivity contribution in [1.82, 2.24) is 19.1 Å². The van der Waals surface area contributed by atoms with E-state index in [2.05, 4.69) is 9.97 Å². The number of H-pyrrole nitrogens is 1. The second-order valence-corrected chi connectivity index (χ2v) is 8.64. The Bertz CT molecular complexity index is 1260. The molecular weight excluding hydrogens is 456 g/mol. The third-order valence-corrected chi connectivity index (χ3v) is 6.51. The fourth-order valence-electron chi connectivity index (χ4n) is 3.60. The van der Waals surface area contributed by atoms with E-state index in [0.29, 0.717) is 18.3 Å². The molecule has 0 aliphatic rings. The monoisotopic (exact) mass is 486 g/mol. The summed E-state index contributed by atoms with van der Waals surface area (Å²) in [7, 11) is 1.63. The van der Waals surface area contributed by atoms with Crippen molar-refractivity contribution in [2.24, 2.45) is 0 Å². The van der Waals surface area contributed by atoms with Crippen LogP contribution in [-0.2, 0) is 22.6 Å². The number of hydrogen-bond donors (Lipinski definition) is 2. The number of anilines is 2. The summed E-state index contributed by atoms with van der Waals surface area (Å²) in [6.07, 6.45) is 0. The summed E-state index contributed by atoms with van der Waals surface area (Å²) in [5.41, 5.74) is 7.65. The number of methoxy groups -OCH3 is 1. The smallest absolute Gasteiger partial charge is 0.330 e. The average Bonchev–Trinajstić information content (AvgIpc) is 3.09. The van der Waals surface area contributed by atoms with Crippen LogP contribution in [0, 0.1) is 13.8 Å².